The molecule has 1 fully saturated rings. The minimum Gasteiger partial charge on any atom is -0.373 e. The Morgan fingerprint density at radius 3 is 2.06 bits per heavy atom. The zero-order chi connectivity index (χ0) is 21.8. The van der Waals surface area contributed by atoms with Gasteiger partial charge in [0, 0.05) is 12.6 Å². The van der Waals surface area contributed by atoms with Crippen LogP contribution in [0.4, 0.5) is 6.01 Å². The van der Waals surface area contributed by atoms with Crippen molar-refractivity contribution in [3.63, 3.8) is 0 Å². The lowest BCUT2D eigenvalue weighted by molar-refractivity contribution is 0.112. The highest BCUT2D eigenvalue weighted by molar-refractivity contribution is 5.43. The number of nitrogens with zero attached hydrogens (tertiary/aromatic N) is 3. The molecule has 1 saturated heterocycles. The van der Waals surface area contributed by atoms with E-state index in [0.29, 0.717) is 23.2 Å². The van der Waals surface area contributed by atoms with Gasteiger partial charge in [-0.3, -0.25) is 0 Å². The van der Waals surface area contributed by atoms with Crippen molar-refractivity contribution >= 4 is 6.01 Å². The molecule has 1 aromatic heterocycles. The van der Waals surface area contributed by atoms with Crippen molar-refractivity contribution in [2.24, 2.45) is 0 Å². The van der Waals surface area contributed by atoms with E-state index in [4.69, 9.17) is 9.51 Å². The minimum atomic E-state index is -1.49. The van der Waals surface area contributed by atoms with E-state index in [1.54, 1.807) is 0 Å². The highest BCUT2D eigenvalue weighted by Crippen LogP contribution is 2.36. The predicted octanol–water partition coefficient (Wildman–Crippen LogP) is 4.96. The Morgan fingerprint density at radius 2 is 1.44 bits per heavy atom. The van der Waals surface area contributed by atoms with E-state index < -0.39 is 5.60 Å². The fourth-order valence-electron chi connectivity index (χ4n) is 4.61. The molecule has 1 N–H and O–H groups in total. The molecule has 1 atom stereocenters. The van der Waals surface area contributed by atoms with Crippen molar-refractivity contribution in [2.75, 3.05) is 11.4 Å². The van der Waals surface area contributed by atoms with E-state index >= 15 is 0 Å². The summed E-state index contributed by atoms with van der Waals surface area (Å²) in [5.74, 6) is 0.258. The summed E-state index contributed by atoms with van der Waals surface area (Å²) in [5, 5.41) is 16.2. The smallest absolute Gasteiger partial charge is 0.324 e. The largest absolute Gasteiger partial charge is 0.373 e. The molecule has 1 aliphatic rings. The first kappa shape index (κ1) is 20.5. The number of aliphatic hydroxyl groups is 1. The third kappa shape index (κ3) is 3.92. The Kier molecular flexibility index (Phi) is 5.73. The van der Waals surface area contributed by atoms with Crippen LogP contribution in [-0.4, -0.2) is 27.8 Å². The van der Waals surface area contributed by atoms with E-state index in [1.807, 2.05) is 66.7 Å². The van der Waals surface area contributed by atoms with Crippen molar-refractivity contribution in [2.45, 2.75) is 37.3 Å². The molecule has 3 aromatic carbocycles. The number of benzene rings is 3. The second kappa shape index (κ2) is 8.97. The molecule has 4 aromatic rings. The van der Waals surface area contributed by atoms with E-state index in [0.717, 1.165) is 25.8 Å². The minimum absolute atomic E-state index is 0.258. The van der Waals surface area contributed by atoms with Crippen LogP contribution >= 0.6 is 0 Å². The molecule has 162 valence electrons. The fourth-order valence-corrected chi connectivity index (χ4v) is 4.61. The molecular weight excluding hydrogens is 398 g/mol. The summed E-state index contributed by atoms with van der Waals surface area (Å²) >= 11 is 0. The second-order valence-corrected chi connectivity index (χ2v) is 8.38. The van der Waals surface area contributed by atoms with Crippen LogP contribution in [0.25, 0.3) is 0 Å². The maximum Gasteiger partial charge on any atom is 0.324 e. The van der Waals surface area contributed by atoms with Crippen LogP contribution in [0.2, 0.25) is 0 Å². The molecule has 0 amide bonds. The summed E-state index contributed by atoms with van der Waals surface area (Å²) in [6, 6.07) is 30.3. The molecule has 5 heteroatoms. The molecule has 2 heterocycles. The summed E-state index contributed by atoms with van der Waals surface area (Å²) in [7, 11) is 0. The van der Waals surface area contributed by atoms with E-state index in [1.165, 1.54) is 12.0 Å². The zero-order valence-corrected chi connectivity index (χ0v) is 18.0. The van der Waals surface area contributed by atoms with Crippen LogP contribution < -0.4 is 4.90 Å². The summed E-state index contributed by atoms with van der Waals surface area (Å²) in [4.78, 5) is 6.96. The molecule has 0 bridgehead atoms. The molecule has 32 heavy (non-hydrogen) atoms. The predicted molar refractivity (Wildman–Crippen MR) is 124 cm³/mol. The molecule has 0 spiro atoms. The van der Waals surface area contributed by atoms with Gasteiger partial charge in [0.15, 0.2) is 5.60 Å². The van der Waals surface area contributed by atoms with Crippen LogP contribution in [0.15, 0.2) is 95.5 Å². The lowest BCUT2D eigenvalue weighted by atomic mass is 9.85. The normalized spacial score (nSPS) is 16.8. The molecule has 0 radical (unpaired) electrons. The van der Waals surface area contributed by atoms with Gasteiger partial charge in [-0.2, -0.15) is 4.98 Å². The summed E-state index contributed by atoms with van der Waals surface area (Å²) in [6.07, 6.45) is 4.28. The van der Waals surface area contributed by atoms with Gasteiger partial charge in [0.2, 0.25) is 5.82 Å². The molecule has 1 unspecified atom stereocenters. The monoisotopic (exact) mass is 425 g/mol. The van der Waals surface area contributed by atoms with Gasteiger partial charge < -0.3 is 14.5 Å². The highest BCUT2D eigenvalue weighted by Gasteiger charge is 2.40. The SMILES string of the molecule is OC(c1ccccc1)(c1ccccc1)c1noc(N2CCCCC2Cc2ccccc2)n1. The second-order valence-electron chi connectivity index (χ2n) is 8.38. The van der Waals surface area contributed by atoms with Gasteiger partial charge in [0.25, 0.3) is 0 Å². The molecule has 5 rings (SSSR count). The Hall–Kier alpha value is -3.44. The first-order chi connectivity index (χ1) is 15.7. The Morgan fingerprint density at radius 1 is 0.844 bits per heavy atom. The van der Waals surface area contributed by atoms with Crippen LogP contribution in [0.1, 0.15) is 41.8 Å². The van der Waals surface area contributed by atoms with E-state index in [2.05, 4.69) is 34.3 Å². The van der Waals surface area contributed by atoms with Crippen molar-refractivity contribution in [3.8, 4) is 0 Å². The fraction of sp³-hybridized carbons (Fsp3) is 0.259. The maximum absolute atomic E-state index is 11.9. The van der Waals surface area contributed by atoms with Crippen LogP contribution in [0.3, 0.4) is 0 Å². The van der Waals surface area contributed by atoms with E-state index in [9.17, 15) is 5.11 Å². The summed E-state index contributed by atoms with van der Waals surface area (Å²) < 4.78 is 5.77. The van der Waals surface area contributed by atoms with Gasteiger partial charge in [0.1, 0.15) is 0 Å². The van der Waals surface area contributed by atoms with Crippen LogP contribution in [0, 0.1) is 0 Å². The summed E-state index contributed by atoms with van der Waals surface area (Å²) in [6.45, 7) is 0.869. The number of rotatable bonds is 6. The Labute approximate surface area is 188 Å². The van der Waals surface area contributed by atoms with Gasteiger partial charge in [0.05, 0.1) is 0 Å². The first-order valence-corrected chi connectivity index (χ1v) is 11.2. The van der Waals surface area contributed by atoms with Crippen LogP contribution in [0.5, 0.6) is 0 Å². The Bertz CT molecular complexity index is 1090. The average molecular weight is 426 g/mol. The summed E-state index contributed by atoms with van der Waals surface area (Å²) in [5.41, 5.74) is 1.22. The van der Waals surface area contributed by atoms with Crippen molar-refractivity contribution in [1.29, 1.82) is 0 Å². The van der Waals surface area contributed by atoms with Crippen molar-refractivity contribution in [3.05, 3.63) is 114 Å². The van der Waals surface area contributed by atoms with Gasteiger partial charge in [-0.15, -0.1) is 0 Å². The first-order valence-electron chi connectivity index (χ1n) is 11.2. The van der Waals surface area contributed by atoms with Gasteiger partial charge >= 0.3 is 6.01 Å². The molecule has 1 aliphatic heterocycles. The maximum atomic E-state index is 11.9. The van der Waals surface area contributed by atoms with Crippen molar-refractivity contribution in [1.82, 2.24) is 10.1 Å². The van der Waals surface area contributed by atoms with Gasteiger partial charge in [-0.1, -0.05) is 96.2 Å². The quantitative estimate of drug-likeness (QED) is 0.473. The van der Waals surface area contributed by atoms with Crippen molar-refractivity contribution < 1.29 is 9.63 Å². The lowest BCUT2D eigenvalue weighted by Crippen LogP contribution is -2.41. The molecule has 5 nitrogen and oxygen atoms in total. The molecule has 0 saturated carbocycles. The van der Waals surface area contributed by atoms with Crippen LogP contribution in [-0.2, 0) is 12.0 Å². The standard InChI is InChI=1S/C27H27N3O2/c31-27(22-14-6-2-7-15-22,23-16-8-3-9-17-23)25-28-26(32-29-25)30-19-11-10-18-24(30)20-21-12-4-1-5-13-21/h1-9,12-17,24,31H,10-11,18-20H2. The third-order valence-corrected chi connectivity index (χ3v) is 6.31. The Balaban J connectivity index is 1.50. The number of anilines is 1. The zero-order valence-electron chi connectivity index (χ0n) is 18.0. The topological polar surface area (TPSA) is 62.4 Å². The lowest BCUT2D eigenvalue weighted by Gasteiger charge is -2.34. The van der Waals surface area contributed by atoms with E-state index in [-0.39, 0.29) is 5.82 Å². The number of aromatic nitrogens is 2. The van der Waals surface area contributed by atoms with Gasteiger partial charge in [-0.25, -0.2) is 0 Å². The van der Waals surface area contributed by atoms with Gasteiger partial charge in [-0.05, 0) is 42.4 Å². The number of hydrogen-bond acceptors (Lipinski definition) is 5. The number of hydrogen-bond donors (Lipinski definition) is 1. The molecule has 0 aliphatic carbocycles. The molecular formula is C27H27N3O2. The average Bonchev–Trinajstić information content (AvgIpc) is 3.36. The highest BCUT2D eigenvalue weighted by atomic mass is 16.5. The number of piperidine rings is 1. The third-order valence-electron chi connectivity index (χ3n) is 6.31.